The van der Waals surface area contributed by atoms with E-state index in [2.05, 4.69) is 13.0 Å². The number of hydrogen-bond acceptors (Lipinski definition) is 5. The lowest BCUT2D eigenvalue weighted by Crippen LogP contribution is -2.46. The maximum atomic E-state index is 5.85. The summed E-state index contributed by atoms with van der Waals surface area (Å²) in [4.78, 5) is 0. The van der Waals surface area contributed by atoms with Crippen LogP contribution in [-0.2, 0) is 22.8 Å². The van der Waals surface area contributed by atoms with Crippen molar-refractivity contribution in [3.63, 3.8) is 0 Å². The van der Waals surface area contributed by atoms with Gasteiger partial charge in [-0.1, -0.05) is 6.92 Å². The molecule has 1 atom stereocenters. The molecule has 0 aromatic rings. The van der Waals surface area contributed by atoms with E-state index in [4.69, 9.17) is 22.8 Å². The average molecular weight is 304 g/mol. The fourth-order valence-electron chi connectivity index (χ4n) is 1.93. The second-order valence-electron chi connectivity index (χ2n) is 4.50. The van der Waals surface area contributed by atoms with Crippen molar-refractivity contribution in [2.45, 2.75) is 46.3 Å². The molecule has 1 aliphatic rings. The molecule has 118 valence electrons. The summed E-state index contributed by atoms with van der Waals surface area (Å²) in [6, 6.07) is 0.586. The van der Waals surface area contributed by atoms with Crippen molar-refractivity contribution in [2.75, 3.05) is 33.0 Å². The van der Waals surface area contributed by atoms with Gasteiger partial charge in [0.1, 0.15) is 12.7 Å². The summed E-state index contributed by atoms with van der Waals surface area (Å²) in [5, 5.41) is 0. The highest BCUT2D eigenvalue weighted by Gasteiger charge is 2.42. The fourth-order valence-corrected chi connectivity index (χ4v) is 4.47. The molecule has 1 fully saturated rings. The van der Waals surface area contributed by atoms with Gasteiger partial charge in [0.2, 0.25) is 0 Å². The van der Waals surface area contributed by atoms with Gasteiger partial charge in [0.05, 0.1) is 18.4 Å². The van der Waals surface area contributed by atoms with Crippen LogP contribution in [0.2, 0.25) is 6.04 Å². The summed E-state index contributed by atoms with van der Waals surface area (Å²) < 4.78 is 28.6. The van der Waals surface area contributed by atoms with Crippen LogP contribution in [0.25, 0.3) is 0 Å². The zero-order valence-electron chi connectivity index (χ0n) is 13.1. The maximum absolute atomic E-state index is 5.85. The first-order chi connectivity index (χ1) is 9.69. The first kappa shape index (κ1) is 17.6. The van der Waals surface area contributed by atoms with Crippen molar-refractivity contribution in [2.24, 2.45) is 0 Å². The SMILES string of the molecule is CC/C=C(/C[Si](OCC)(OCC)OCC)OCC1CO1. The monoisotopic (exact) mass is 304 g/mol. The lowest BCUT2D eigenvalue weighted by molar-refractivity contribution is 0.0672. The normalized spacial score (nSPS) is 19.2. The highest BCUT2D eigenvalue weighted by Crippen LogP contribution is 2.24. The van der Waals surface area contributed by atoms with E-state index in [0.717, 1.165) is 18.8 Å². The van der Waals surface area contributed by atoms with Crippen LogP contribution in [0.4, 0.5) is 0 Å². The molecule has 1 heterocycles. The lowest BCUT2D eigenvalue weighted by atomic mass is 10.4. The zero-order valence-corrected chi connectivity index (χ0v) is 14.1. The van der Waals surface area contributed by atoms with Gasteiger partial charge in [-0.2, -0.15) is 0 Å². The zero-order chi connectivity index (χ0) is 14.8. The molecular formula is C14H28O5Si. The van der Waals surface area contributed by atoms with Gasteiger partial charge in [0.25, 0.3) is 0 Å². The van der Waals surface area contributed by atoms with Crippen LogP contribution < -0.4 is 0 Å². The van der Waals surface area contributed by atoms with Gasteiger partial charge in [-0.25, -0.2) is 0 Å². The van der Waals surface area contributed by atoms with Crippen molar-refractivity contribution in [1.29, 1.82) is 0 Å². The van der Waals surface area contributed by atoms with Crippen LogP contribution in [0.1, 0.15) is 34.1 Å². The van der Waals surface area contributed by atoms with Gasteiger partial charge in [-0.05, 0) is 33.3 Å². The molecule has 6 heteroatoms. The Bertz CT molecular complexity index is 274. The van der Waals surface area contributed by atoms with E-state index in [-0.39, 0.29) is 6.10 Å². The summed E-state index contributed by atoms with van der Waals surface area (Å²) in [5.74, 6) is 0.894. The van der Waals surface area contributed by atoms with Crippen LogP contribution in [0, 0.1) is 0 Å². The van der Waals surface area contributed by atoms with E-state index in [9.17, 15) is 0 Å². The molecule has 0 spiro atoms. The Balaban J connectivity index is 2.66. The van der Waals surface area contributed by atoms with Crippen molar-refractivity contribution < 1.29 is 22.8 Å². The van der Waals surface area contributed by atoms with Crippen molar-refractivity contribution >= 4 is 8.80 Å². The number of epoxide rings is 1. The van der Waals surface area contributed by atoms with Gasteiger partial charge in [-0.3, -0.25) is 0 Å². The van der Waals surface area contributed by atoms with Crippen LogP contribution in [0.3, 0.4) is 0 Å². The quantitative estimate of drug-likeness (QED) is 0.315. The Morgan fingerprint density at radius 1 is 1.10 bits per heavy atom. The van der Waals surface area contributed by atoms with Gasteiger partial charge in [0.15, 0.2) is 0 Å². The van der Waals surface area contributed by atoms with Crippen LogP contribution in [0.15, 0.2) is 11.8 Å². The predicted molar refractivity (Wildman–Crippen MR) is 79.5 cm³/mol. The van der Waals surface area contributed by atoms with E-state index < -0.39 is 8.80 Å². The van der Waals surface area contributed by atoms with Gasteiger partial charge in [0, 0.05) is 19.8 Å². The molecule has 0 saturated carbocycles. The lowest BCUT2D eigenvalue weighted by Gasteiger charge is -2.29. The van der Waals surface area contributed by atoms with E-state index in [0.29, 0.717) is 32.5 Å². The van der Waals surface area contributed by atoms with Gasteiger partial charge < -0.3 is 22.8 Å². The molecule has 1 saturated heterocycles. The van der Waals surface area contributed by atoms with Crippen LogP contribution in [0.5, 0.6) is 0 Å². The van der Waals surface area contributed by atoms with Crippen LogP contribution >= 0.6 is 0 Å². The third-order valence-corrected chi connectivity index (χ3v) is 5.74. The first-order valence-electron chi connectivity index (χ1n) is 7.54. The second-order valence-corrected chi connectivity index (χ2v) is 7.09. The van der Waals surface area contributed by atoms with Crippen LogP contribution in [-0.4, -0.2) is 47.9 Å². The summed E-state index contributed by atoms with van der Waals surface area (Å²) >= 11 is 0. The number of hydrogen-bond donors (Lipinski definition) is 0. The summed E-state index contributed by atoms with van der Waals surface area (Å²) in [5.41, 5.74) is 0. The average Bonchev–Trinajstić information content (AvgIpc) is 3.21. The minimum Gasteiger partial charge on any atom is -0.495 e. The van der Waals surface area contributed by atoms with Crippen molar-refractivity contribution in [1.82, 2.24) is 0 Å². The van der Waals surface area contributed by atoms with Crippen molar-refractivity contribution in [3.05, 3.63) is 11.8 Å². The van der Waals surface area contributed by atoms with Gasteiger partial charge >= 0.3 is 8.80 Å². The number of ether oxygens (including phenoxy) is 2. The fraction of sp³-hybridized carbons (Fsp3) is 0.857. The van der Waals surface area contributed by atoms with Crippen molar-refractivity contribution in [3.8, 4) is 0 Å². The Kier molecular flexibility index (Phi) is 8.40. The number of rotatable bonds is 12. The molecule has 0 aromatic heterocycles. The Labute approximate surface area is 123 Å². The molecule has 1 aliphatic heterocycles. The van der Waals surface area contributed by atoms with Gasteiger partial charge in [-0.15, -0.1) is 0 Å². The molecule has 0 aliphatic carbocycles. The molecule has 1 unspecified atom stereocenters. The maximum Gasteiger partial charge on any atom is 0.508 e. The summed E-state index contributed by atoms with van der Waals surface area (Å²) in [6.07, 6.45) is 3.23. The van der Waals surface area contributed by atoms with E-state index in [1.807, 2.05) is 20.8 Å². The number of allylic oxidation sites excluding steroid dienone is 2. The molecule has 0 bridgehead atoms. The first-order valence-corrected chi connectivity index (χ1v) is 9.48. The molecule has 0 amide bonds. The van der Waals surface area contributed by atoms with E-state index in [1.165, 1.54) is 0 Å². The molecule has 0 radical (unpaired) electrons. The molecule has 0 N–H and O–H groups in total. The predicted octanol–water partition coefficient (Wildman–Crippen LogP) is 2.74. The van der Waals surface area contributed by atoms with E-state index >= 15 is 0 Å². The second kappa shape index (κ2) is 9.52. The Hall–Kier alpha value is -0.403. The summed E-state index contributed by atoms with van der Waals surface area (Å²) in [6.45, 7) is 11.1. The van der Waals surface area contributed by atoms with E-state index in [1.54, 1.807) is 0 Å². The Morgan fingerprint density at radius 2 is 1.65 bits per heavy atom. The molecule has 0 aromatic carbocycles. The Morgan fingerprint density at radius 3 is 2.05 bits per heavy atom. The third kappa shape index (κ3) is 6.36. The molecular weight excluding hydrogens is 276 g/mol. The minimum atomic E-state index is -2.68. The highest BCUT2D eigenvalue weighted by atomic mass is 28.4. The molecule has 1 rings (SSSR count). The summed E-state index contributed by atoms with van der Waals surface area (Å²) in [7, 11) is -2.68. The highest BCUT2D eigenvalue weighted by molar-refractivity contribution is 6.61. The minimum absolute atomic E-state index is 0.248. The standard InChI is InChI=1S/C14H28O5Si/c1-5-9-13(15-10-14-11-16-14)12-20(17-6-2,18-7-3)19-8-4/h9,14H,5-8,10-12H2,1-4H3/b13-9-. The largest absolute Gasteiger partial charge is 0.508 e. The molecule has 5 nitrogen and oxygen atoms in total. The topological polar surface area (TPSA) is 49.5 Å². The third-order valence-electron chi connectivity index (χ3n) is 2.77. The molecule has 20 heavy (non-hydrogen) atoms. The smallest absolute Gasteiger partial charge is 0.495 e.